The van der Waals surface area contributed by atoms with Gasteiger partial charge >= 0.3 is 6.03 Å². The molecule has 0 radical (unpaired) electrons. The predicted molar refractivity (Wildman–Crippen MR) is 114 cm³/mol. The lowest BCUT2D eigenvalue weighted by Crippen LogP contribution is -2.22. The standard InChI is InChI=1S/C19H20N8O2S/c1-9(2)13-8-30-19(23-13)25-14-6-15(21-11-3-4-11)27-16(24-14)10(7-20-27)5-12-17(28)26-18(29)22-12/h5-9,11,21H,3-4H2,1-2H3,(H,23,24,25)(H2,22,26,28,29)/b12-5-. The summed E-state index contributed by atoms with van der Waals surface area (Å²) in [5, 5.41) is 18.6. The van der Waals surface area contributed by atoms with E-state index in [4.69, 9.17) is 0 Å². The van der Waals surface area contributed by atoms with Crippen LogP contribution in [-0.2, 0) is 4.79 Å². The second-order valence-corrected chi connectivity index (χ2v) is 8.46. The van der Waals surface area contributed by atoms with Crippen LogP contribution in [0.1, 0.15) is 43.9 Å². The maximum Gasteiger partial charge on any atom is 0.326 e. The van der Waals surface area contributed by atoms with Crippen molar-refractivity contribution in [1.82, 2.24) is 30.2 Å². The Morgan fingerprint density at radius 2 is 2.10 bits per heavy atom. The van der Waals surface area contributed by atoms with Gasteiger partial charge < -0.3 is 16.0 Å². The maximum atomic E-state index is 11.9. The molecular formula is C19H20N8O2S. The second kappa shape index (κ2) is 7.10. The first-order valence-corrected chi connectivity index (χ1v) is 10.6. The quantitative estimate of drug-likeness (QED) is 0.354. The van der Waals surface area contributed by atoms with E-state index in [0.29, 0.717) is 29.0 Å². The summed E-state index contributed by atoms with van der Waals surface area (Å²) in [7, 11) is 0. The molecule has 30 heavy (non-hydrogen) atoms. The number of rotatable bonds is 6. The van der Waals surface area contributed by atoms with E-state index in [1.54, 1.807) is 16.8 Å². The molecule has 0 atom stereocenters. The van der Waals surface area contributed by atoms with Gasteiger partial charge in [0.25, 0.3) is 5.91 Å². The summed E-state index contributed by atoms with van der Waals surface area (Å²) >= 11 is 1.53. The summed E-state index contributed by atoms with van der Waals surface area (Å²) in [5.74, 6) is 1.29. The van der Waals surface area contributed by atoms with Crippen molar-refractivity contribution in [3.8, 4) is 0 Å². The maximum absolute atomic E-state index is 11.9. The Morgan fingerprint density at radius 1 is 1.27 bits per heavy atom. The van der Waals surface area contributed by atoms with Gasteiger partial charge in [0.2, 0.25) is 0 Å². The number of hydrogen-bond donors (Lipinski definition) is 4. The Hall–Kier alpha value is -3.47. The third kappa shape index (κ3) is 3.59. The number of thiazole rings is 1. The number of hydrogen-bond acceptors (Lipinski definition) is 8. The normalized spacial score (nSPS) is 17.6. The van der Waals surface area contributed by atoms with Gasteiger partial charge in [0.15, 0.2) is 10.8 Å². The van der Waals surface area contributed by atoms with Crippen LogP contribution in [0, 0.1) is 0 Å². The summed E-state index contributed by atoms with van der Waals surface area (Å²) in [6.07, 6.45) is 5.41. The van der Waals surface area contributed by atoms with Crippen molar-refractivity contribution in [1.29, 1.82) is 0 Å². The molecule has 1 aliphatic heterocycles. The molecule has 2 aliphatic rings. The van der Waals surface area contributed by atoms with Gasteiger partial charge in [-0.3, -0.25) is 10.1 Å². The Bertz CT molecular complexity index is 1190. The number of amides is 3. The first-order valence-electron chi connectivity index (χ1n) is 9.68. The average Bonchev–Trinajstić information content (AvgIpc) is 3.08. The topological polar surface area (TPSA) is 125 Å². The minimum atomic E-state index is -0.543. The van der Waals surface area contributed by atoms with Gasteiger partial charge in [-0.2, -0.15) is 9.61 Å². The first kappa shape index (κ1) is 18.6. The number of carbonyl (C=O) groups is 2. The molecule has 0 bridgehead atoms. The van der Waals surface area contributed by atoms with Crippen LogP contribution < -0.4 is 21.3 Å². The van der Waals surface area contributed by atoms with Crippen molar-refractivity contribution >= 4 is 51.8 Å². The van der Waals surface area contributed by atoms with Crippen LogP contribution in [0.3, 0.4) is 0 Å². The molecule has 0 aromatic carbocycles. The van der Waals surface area contributed by atoms with Crippen molar-refractivity contribution in [2.45, 2.75) is 38.6 Å². The minimum Gasteiger partial charge on any atom is -0.367 e. The summed E-state index contributed by atoms with van der Waals surface area (Å²) < 4.78 is 1.70. The summed E-state index contributed by atoms with van der Waals surface area (Å²) in [6, 6.07) is 1.77. The second-order valence-electron chi connectivity index (χ2n) is 7.60. The van der Waals surface area contributed by atoms with Crippen molar-refractivity contribution in [3.05, 3.63) is 34.6 Å². The molecule has 0 unspecified atom stereocenters. The Kier molecular flexibility index (Phi) is 4.39. The first-order chi connectivity index (χ1) is 14.5. The van der Waals surface area contributed by atoms with E-state index in [2.05, 4.69) is 50.2 Å². The molecule has 4 N–H and O–H groups in total. The molecule has 3 aromatic heterocycles. The Morgan fingerprint density at radius 3 is 2.77 bits per heavy atom. The van der Waals surface area contributed by atoms with Gasteiger partial charge in [-0.05, 0) is 24.8 Å². The molecule has 154 valence electrons. The number of urea groups is 1. The van der Waals surface area contributed by atoms with Gasteiger partial charge in [-0.1, -0.05) is 13.8 Å². The van der Waals surface area contributed by atoms with Crippen LogP contribution in [0.5, 0.6) is 0 Å². The van der Waals surface area contributed by atoms with Crippen LogP contribution in [0.2, 0.25) is 0 Å². The average molecular weight is 424 g/mol. The fourth-order valence-electron chi connectivity index (χ4n) is 3.04. The van der Waals surface area contributed by atoms with Crippen molar-refractivity contribution in [2.24, 2.45) is 0 Å². The lowest BCUT2D eigenvalue weighted by atomic mass is 10.2. The highest BCUT2D eigenvalue weighted by Crippen LogP contribution is 2.29. The van der Waals surface area contributed by atoms with E-state index >= 15 is 0 Å². The van der Waals surface area contributed by atoms with Crippen LogP contribution in [0.25, 0.3) is 11.7 Å². The largest absolute Gasteiger partial charge is 0.367 e. The van der Waals surface area contributed by atoms with Crippen molar-refractivity contribution in [3.63, 3.8) is 0 Å². The van der Waals surface area contributed by atoms with Gasteiger partial charge in [0.05, 0.1) is 11.9 Å². The van der Waals surface area contributed by atoms with Gasteiger partial charge in [-0.25, -0.2) is 14.8 Å². The molecule has 0 spiro atoms. The monoisotopic (exact) mass is 424 g/mol. The van der Waals surface area contributed by atoms with E-state index in [9.17, 15) is 9.59 Å². The molecule has 1 saturated carbocycles. The lowest BCUT2D eigenvalue weighted by Gasteiger charge is -2.10. The van der Waals surface area contributed by atoms with E-state index in [1.165, 1.54) is 11.3 Å². The number of carbonyl (C=O) groups excluding carboxylic acids is 2. The van der Waals surface area contributed by atoms with Crippen LogP contribution in [0.15, 0.2) is 23.3 Å². The van der Waals surface area contributed by atoms with E-state index < -0.39 is 11.9 Å². The molecule has 1 saturated heterocycles. The molecule has 3 aromatic rings. The molecule has 1 aliphatic carbocycles. The Balaban J connectivity index is 1.54. The lowest BCUT2D eigenvalue weighted by molar-refractivity contribution is -0.115. The molecule has 2 fully saturated rings. The molecule has 11 heteroatoms. The van der Waals surface area contributed by atoms with E-state index in [0.717, 1.165) is 29.5 Å². The summed E-state index contributed by atoms with van der Waals surface area (Å²) in [5.41, 5.74) is 2.36. The molecule has 3 amide bonds. The smallest absolute Gasteiger partial charge is 0.326 e. The van der Waals surface area contributed by atoms with E-state index in [1.807, 2.05) is 11.4 Å². The third-order valence-corrected chi connectivity index (χ3v) is 5.57. The molecule has 10 nitrogen and oxygen atoms in total. The zero-order valence-electron chi connectivity index (χ0n) is 16.4. The highest BCUT2D eigenvalue weighted by molar-refractivity contribution is 7.13. The zero-order chi connectivity index (χ0) is 20.8. The van der Waals surface area contributed by atoms with Crippen LogP contribution in [-0.4, -0.2) is 37.6 Å². The zero-order valence-corrected chi connectivity index (χ0v) is 17.2. The van der Waals surface area contributed by atoms with E-state index in [-0.39, 0.29) is 5.70 Å². The van der Waals surface area contributed by atoms with Gasteiger partial charge in [0.1, 0.15) is 17.3 Å². The summed E-state index contributed by atoms with van der Waals surface area (Å²) in [4.78, 5) is 32.6. The van der Waals surface area contributed by atoms with Gasteiger partial charge in [0, 0.05) is 23.1 Å². The third-order valence-electron chi connectivity index (χ3n) is 4.80. The number of fused-ring (bicyclic) bond motifs is 1. The molecule has 5 rings (SSSR count). The SMILES string of the molecule is CC(C)c1csc(Nc2cc(NC3CC3)n3ncc(/C=C4\NC(=O)NC4=O)c3n2)n1. The highest BCUT2D eigenvalue weighted by Gasteiger charge is 2.25. The Labute approximate surface area is 175 Å². The number of imide groups is 1. The number of aromatic nitrogens is 4. The number of nitrogens with one attached hydrogen (secondary N) is 4. The minimum absolute atomic E-state index is 0.160. The van der Waals surface area contributed by atoms with Crippen molar-refractivity contribution in [2.75, 3.05) is 10.6 Å². The summed E-state index contributed by atoms with van der Waals surface area (Å²) in [6.45, 7) is 4.20. The highest BCUT2D eigenvalue weighted by atomic mass is 32.1. The molecular weight excluding hydrogens is 404 g/mol. The fraction of sp³-hybridized carbons (Fsp3) is 0.316. The van der Waals surface area contributed by atoms with Crippen LogP contribution in [0.4, 0.5) is 21.6 Å². The number of nitrogens with zero attached hydrogens (tertiary/aromatic N) is 4. The molecule has 4 heterocycles. The predicted octanol–water partition coefficient (Wildman–Crippen LogP) is 2.81. The van der Waals surface area contributed by atoms with Gasteiger partial charge in [-0.15, -0.1) is 11.3 Å². The number of anilines is 3. The van der Waals surface area contributed by atoms with Crippen LogP contribution >= 0.6 is 11.3 Å². The fourth-order valence-corrected chi connectivity index (χ4v) is 3.92. The van der Waals surface area contributed by atoms with Crippen molar-refractivity contribution < 1.29 is 9.59 Å².